The highest BCUT2D eigenvalue weighted by Crippen LogP contribution is 2.28. The van der Waals surface area contributed by atoms with Crippen molar-refractivity contribution < 1.29 is 9.59 Å². The molecule has 0 unspecified atom stereocenters. The summed E-state index contributed by atoms with van der Waals surface area (Å²) in [6, 6.07) is 9.82. The summed E-state index contributed by atoms with van der Waals surface area (Å²) in [7, 11) is 0. The first kappa shape index (κ1) is 18.5. The molecule has 0 atom stereocenters. The SMILES string of the molecule is CCc1ccccc1NC(=O)N1CCC(c2cc3n(n2)CCCNC3=O)CC1. The van der Waals surface area contributed by atoms with Crippen molar-refractivity contribution in [2.45, 2.75) is 45.1 Å². The minimum atomic E-state index is -0.0423. The van der Waals surface area contributed by atoms with Crippen LogP contribution in [0.5, 0.6) is 0 Å². The molecule has 0 aliphatic carbocycles. The second-order valence-electron chi connectivity index (χ2n) is 7.49. The summed E-state index contributed by atoms with van der Waals surface area (Å²) in [4.78, 5) is 26.7. The number of fused-ring (bicyclic) bond motifs is 1. The fraction of sp³-hybridized carbons (Fsp3) is 0.476. The van der Waals surface area contributed by atoms with Gasteiger partial charge in [-0.1, -0.05) is 25.1 Å². The van der Waals surface area contributed by atoms with Gasteiger partial charge in [0, 0.05) is 37.8 Å². The molecule has 0 bridgehead atoms. The second-order valence-corrected chi connectivity index (χ2v) is 7.49. The van der Waals surface area contributed by atoms with Gasteiger partial charge in [-0.2, -0.15) is 5.10 Å². The zero-order valence-corrected chi connectivity index (χ0v) is 16.3. The van der Waals surface area contributed by atoms with E-state index in [-0.39, 0.29) is 11.9 Å². The molecule has 0 spiro atoms. The van der Waals surface area contributed by atoms with E-state index in [1.54, 1.807) is 0 Å². The molecule has 3 amide bonds. The van der Waals surface area contributed by atoms with Gasteiger partial charge in [-0.05, 0) is 43.4 Å². The van der Waals surface area contributed by atoms with Crippen molar-refractivity contribution in [3.05, 3.63) is 47.3 Å². The zero-order chi connectivity index (χ0) is 19.5. The molecule has 1 fully saturated rings. The second kappa shape index (κ2) is 8.04. The number of urea groups is 1. The maximum absolute atomic E-state index is 12.7. The summed E-state index contributed by atoms with van der Waals surface area (Å²) < 4.78 is 1.83. The van der Waals surface area contributed by atoms with Crippen molar-refractivity contribution in [3.8, 4) is 0 Å². The Labute approximate surface area is 165 Å². The van der Waals surface area contributed by atoms with Gasteiger partial charge in [0.25, 0.3) is 5.91 Å². The average Bonchev–Trinajstić information content (AvgIpc) is 3.08. The van der Waals surface area contributed by atoms with Crippen molar-refractivity contribution in [2.24, 2.45) is 0 Å². The fourth-order valence-corrected chi connectivity index (χ4v) is 4.03. The molecule has 1 aromatic carbocycles. The van der Waals surface area contributed by atoms with E-state index >= 15 is 0 Å². The standard InChI is InChI=1S/C21H27N5O2/c1-2-15-6-3-4-7-17(15)23-21(28)25-12-8-16(9-13-25)18-14-19-20(27)22-10-5-11-26(19)24-18/h3-4,6-7,14,16H,2,5,8-13H2,1H3,(H,22,27)(H,23,28). The van der Waals surface area contributed by atoms with Crippen LogP contribution in [0.25, 0.3) is 0 Å². The lowest BCUT2D eigenvalue weighted by Crippen LogP contribution is -2.40. The largest absolute Gasteiger partial charge is 0.351 e. The third-order valence-electron chi connectivity index (χ3n) is 5.70. The average molecular weight is 381 g/mol. The van der Waals surface area contributed by atoms with Crippen LogP contribution >= 0.6 is 0 Å². The Kier molecular flexibility index (Phi) is 5.32. The number of aromatic nitrogens is 2. The summed E-state index contributed by atoms with van der Waals surface area (Å²) >= 11 is 0. The van der Waals surface area contributed by atoms with Gasteiger partial charge in [0.15, 0.2) is 0 Å². The van der Waals surface area contributed by atoms with Crippen molar-refractivity contribution in [1.82, 2.24) is 20.0 Å². The number of likely N-dealkylation sites (tertiary alicyclic amines) is 1. The summed E-state index contributed by atoms with van der Waals surface area (Å²) in [5.74, 6) is 0.252. The first-order valence-corrected chi connectivity index (χ1v) is 10.2. The predicted molar refractivity (Wildman–Crippen MR) is 108 cm³/mol. The molecular formula is C21H27N5O2. The minimum absolute atomic E-state index is 0.0392. The molecule has 2 N–H and O–H groups in total. The molecule has 2 aromatic rings. The quantitative estimate of drug-likeness (QED) is 0.858. The highest BCUT2D eigenvalue weighted by molar-refractivity contribution is 5.93. The molecule has 2 aliphatic heterocycles. The van der Waals surface area contributed by atoms with Crippen molar-refractivity contribution >= 4 is 17.6 Å². The molecule has 0 radical (unpaired) electrons. The number of anilines is 1. The van der Waals surface area contributed by atoms with Gasteiger partial charge in [-0.15, -0.1) is 0 Å². The van der Waals surface area contributed by atoms with E-state index in [1.807, 2.05) is 39.9 Å². The van der Waals surface area contributed by atoms with Crippen LogP contribution in [0.1, 0.15) is 53.8 Å². The van der Waals surface area contributed by atoms with Crippen LogP contribution in [0.3, 0.4) is 0 Å². The van der Waals surface area contributed by atoms with Crippen LogP contribution in [0, 0.1) is 0 Å². The molecule has 1 aromatic heterocycles. The van der Waals surface area contributed by atoms with E-state index in [4.69, 9.17) is 0 Å². The number of nitrogens with zero attached hydrogens (tertiary/aromatic N) is 3. The smallest absolute Gasteiger partial charge is 0.321 e. The summed E-state index contributed by atoms with van der Waals surface area (Å²) in [5, 5.41) is 10.6. The zero-order valence-electron chi connectivity index (χ0n) is 16.3. The van der Waals surface area contributed by atoms with E-state index in [9.17, 15) is 9.59 Å². The van der Waals surface area contributed by atoms with Crippen LogP contribution in [0.15, 0.2) is 30.3 Å². The number of piperidine rings is 1. The minimum Gasteiger partial charge on any atom is -0.351 e. The summed E-state index contributed by atoms with van der Waals surface area (Å²) in [5.41, 5.74) is 3.66. The van der Waals surface area contributed by atoms with E-state index in [1.165, 1.54) is 0 Å². The van der Waals surface area contributed by atoms with Crippen LogP contribution in [0.2, 0.25) is 0 Å². The van der Waals surface area contributed by atoms with Gasteiger partial charge in [0.2, 0.25) is 0 Å². The lowest BCUT2D eigenvalue weighted by molar-refractivity contribution is 0.0950. The Morgan fingerprint density at radius 1 is 1.25 bits per heavy atom. The molecule has 1 saturated heterocycles. The molecule has 4 rings (SSSR count). The number of carbonyl (C=O) groups excluding carboxylic acids is 2. The van der Waals surface area contributed by atoms with Gasteiger partial charge in [-0.25, -0.2) is 4.79 Å². The number of hydrogen-bond donors (Lipinski definition) is 2. The normalized spacial score (nSPS) is 17.6. The molecule has 148 valence electrons. The van der Waals surface area contributed by atoms with Crippen molar-refractivity contribution in [3.63, 3.8) is 0 Å². The number of amides is 3. The number of para-hydroxylation sites is 1. The topological polar surface area (TPSA) is 79.3 Å². The van der Waals surface area contributed by atoms with E-state index in [2.05, 4.69) is 22.7 Å². The monoisotopic (exact) mass is 381 g/mol. The first-order chi connectivity index (χ1) is 13.7. The van der Waals surface area contributed by atoms with Gasteiger partial charge in [0.05, 0.1) is 5.69 Å². The number of hydrogen-bond acceptors (Lipinski definition) is 3. The van der Waals surface area contributed by atoms with Crippen molar-refractivity contribution in [1.29, 1.82) is 0 Å². The molecule has 7 nitrogen and oxygen atoms in total. The number of aryl methyl sites for hydroxylation is 2. The third-order valence-corrected chi connectivity index (χ3v) is 5.70. The number of benzene rings is 1. The van der Waals surface area contributed by atoms with Gasteiger partial charge in [0.1, 0.15) is 5.69 Å². The van der Waals surface area contributed by atoms with E-state index in [0.717, 1.165) is 49.2 Å². The Balaban J connectivity index is 1.38. The van der Waals surface area contributed by atoms with Crippen LogP contribution in [-0.2, 0) is 13.0 Å². The third kappa shape index (κ3) is 3.74. The van der Waals surface area contributed by atoms with Gasteiger partial charge in [-0.3, -0.25) is 9.48 Å². The highest BCUT2D eigenvalue weighted by atomic mass is 16.2. The Morgan fingerprint density at radius 3 is 2.82 bits per heavy atom. The van der Waals surface area contributed by atoms with Gasteiger partial charge >= 0.3 is 6.03 Å². The van der Waals surface area contributed by atoms with Crippen LogP contribution in [-0.4, -0.2) is 46.3 Å². The Morgan fingerprint density at radius 2 is 2.04 bits per heavy atom. The number of carbonyl (C=O) groups is 2. The fourth-order valence-electron chi connectivity index (χ4n) is 4.03. The first-order valence-electron chi connectivity index (χ1n) is 10.2. The number of rotatable bonds is 3. The van der Waals surface area contributed by atoms with E-state index in [0.29, 0.717) is 31.2 Å². The maximum atomic E-state index is 12.7. The molecule has 2 aliphatic rings. The predicted octanol–water partition coefficient (Wildman–Crippen LogP) is 2.99. The van der Waals surface area contributed by atoms with Crippen LogP contribution < -0.4 is 10.6 Å². The Bertz CT molecular complexity index is 867. The molecular weight excluding hydrogens is 354 g/mol. The van der Waals surface area contributed by atoms with E-state index < -0.39 is 0 Å². The highest BCUT2D eigenvalue weighted by Gasteiger charge is 2.28. The van der Waals surface area contributed by atoms with Crippen molar-refractivity contribution in [2.75, 3.05) is 25.0 Å². The molecule has 28 heavy (non-hydrogen) atoms. The molecule has 7 heteroatoms. The van der Waals surface area contributed by atoms with Gasteiger partial charge < -0.3 is 15.5 Å². The maximum Gasteiger partial charge on any atom is 0.321 e. The lowest BCUT2D eigenvalue weighted by Gasteiger charge is -2.31. The van der Waals surface area contributed by atoms with Crippen LogP contribution in [0.4, 0.5) is 10.5 Å². The molecule has 3 heterocycles. The lowest BCUT2D eigenvalue weighted by atomic mass is 9.93. The summed E-state index contributed by atoms with van der Waals surface area (Å²) in [6.07, 6.45) is 3.51. The summed E-state index contributed by atoms with van der Waals surface area (Å²) in [6.45, 7) is 4.94. The Hall–Kier alpha value is -2.83. The number of nitrogens with one attached hydrogen (secondary N) is 2. The molecule has 0 saturated carbocycles.